The van der Waals surface area contributed by atoms with Gasteiger partial charge in [-0.1, -0.05) is 90.5 Å². The molecule has 0 saturated heterocycles. The Kier molecular flexibility index (Phi) is 7.22. The van der Waals surface area contributed by atoms with Crippen molar-refractivity contribution >= 4 is 33.9 Å². The van der Waals surface area contributed by atoms with Crippen molar-refractivity contribution in [3.05, 3.63) is 119 Å². The third kappa shape index (κ3) is 4.66. The van der Waals surface area contributed by atoms with Crippen LogP contribution in [-0.4, -0.2) is 31.0 Å². The lowest BCUT2D eigenvalue weighted by Gasteiger charge is -2.38. The summed E-state index contributed by atoms with van der Waals surface area (Å²) in [6.45, 7) is 2.76. The molecule has 4 nitrogen and oxygen atoms in total. The normalized spacial score (nSPS) is 15.7. The fourth-order valence-electron chi connectivity index (χ4n) is 5.54. The fourth-order valence-corrected chi connectivity index (χ4v) is 5.67. The molecule has 0 bridgehead atoms. The third-order valence-corrected chi connectivity index (χ3v) is 7.80. The molecular weight excluding hydrogens is 492 g/mol. The van der Waals surface area contributed by atoms with Gasteiger partial charge in [0.2, 0.25) is 5.91 Å². The summed E-state index contributed by atoms with van der Waals surface area (Å²) >= 11 is 6.06. The first-order valence-corrected chi connectivity index (χ1v) is 13.1. The summed E-state index contributed by atoms with van der Waals surface area (Å²) in [5.41, 5.74) is 2.66. The SMILES string of the molecule is COc1ccccc1[C@H](c1cccc2ccccc12)C(C)(C#N)C(=O)N1CC=C(c2ccc(Cl)cc2)CC1. The number of benzene rings is 4. The summed E-state index contributed by atoms with van der Waals surface area (Å²) in [5.74, 6) is -0.0672. The van der Waals surface area contributed by atoms with Crippen molar-refractivity contribution in [3.8, 4) is 11.8 Å². The number of methoxy groups -OCH3 is 1. The zero-order valence-electron chi connectivity index (χ0n) is 21.5. The second-order valence-corrected chi connectivity index (χ2v) is 10.2. The predicted octanol–water partition coefficient (Wildman–Crippen LogP) is 7.48. The van der Waals surface area contributed by atoms with E-state index in [2.05, 4.69) is 30.3 Å². The molecule has 190 valence electrons. The maximum atomic E-state index is 14.3. The first-order valence-electron chi connectivity index (χ1n) is 12.7. The van der Waals surface area contributed by atoms with Crippen LogP contribution in [0.5, 0.6) is 5.75 Å². The maximum Gasteiger partial charge on any atom is 0.244 e. The number of carbonyl (C=O) groups excluding carboxylic acids is 1. The zero-order chi connectivity index (χ0) is 26.7. The molecule has 38 heavy (non-hydrogen) atoms. The van der Waals surface area contributed by atoms with Gasteiger partial charge in [-0.25, -0.2) is 0 Å². The van der Waals surface area contributed by atoms with Crippen LogP contribution in [-0.2, 0) is 4.79 Å². The van der Waals surface area contributed by atoms with E-state index >= 15 is 0 Å². The lowest BCUT2D eigenvalue weighted by atomic mass is 9.68. The molecule has 0 fully saturated rings. The van der Waals surface area contributed by atoms with Crippen LogP contribution < -0.4 is 4.74 Å². The number of rotatable bonds is 6. The fraction of sp³-hybridized carbons (Fsp3) is 0.212. The molecule has 2 atom stereocenters. The molecule has 4 aromatic carbocycles. The minimum atomic E-state index is -1.37. The zero-order valence-corrected chi connectivity index (χ0v) is 22.3. The van der Waals surface area contributed by atoms with Crippen molar-refractivity contribution in [2.24, 2.45) is 5.41 Å². The molecule has 0 spiro atoms. The van der Waals surface area contributed by atoms with E-state index in [-0.39, 0.29) is 5.91 Å². The Balaban J connectivity index is 1.58. The Bertz CT molecular complexity index is 1550. The quantitative estimate of drug-likeness (QED) is 0.265. The molecule has 0 aliphatic carbocycles. The van der Waals surface area contributed by atoms with Gasteiger partial charge in [-0.2, -0.15) is 5.26 Å². The summed E-state index contributed by atoms with van der Waals surface area (Å²) in [6.07, 6.45) is 2.79. The lowest BCUT2D eigenvalue weighted by molar-refractivity contribution is -0.138. The van der Waals surface area contributed by atoms with Gasteiger partial charge in [-0.15, -0.1) is 0 Å². The average Bonchev–Trinajstić information content (AvgIpc) is 2.97. The van der Waals surface area contributed by atoms with Crippen molar-refractivity contribution in [2.75, 3.05) is 20.2 Å². The van der Waals surface area contributed by atoms with Gasteiger partial charge in [0.25, 0.3) is 0 Å². The minimum Gasteiger partial charge on any atom is -0.496 e. The molecule has 0 saturated carbocycles. The molecule has 0 radical (unpaired) electrons. The lowest BCUT2D eigenvalue weighted by Crippen LogP contribution is -2.46. The summed E-state index contributed by atoms with van der Waals surface area (Å²) in [4.78, 5) is 16.1. The third-order valence-electron chi connectivity index (χ3n) is 7.55. The molecular formula is C33H29ClN2O2. The maximum absolute atomic E-state index is 14.3. The average molecular weight is 521 g/mol. The van der Waals surface area contributed by atoms with Crippen molar-refractivity contribution < 1.29 is 9.53 Å². The Morgan fingerprint density at radius 3 is 2.37 bits per heavy atom. The molecule has 1 aliphatic heterocycles. The van der Waals surface area contributed by atoms with Gasteiger partial charge in [-0.3, -0.25) is 4.79 Å². The standard InChI is InChI=1S/C33H29ClN2O2/c1-33(22-35,32(37)36-20-18-24(19-21-36)23-14-16-26(34)17-15-23)31(29-11-5-6-13-30(29)38-2)28-12-7-9-25-8-3-4-10-27(25)28/h3-18,31H,19-21H2,1-2H3/t31-,33?/m0/s1. The number of ether oxygens (including phenoxy) is 1. The molecule has 1 amide bonds. The predicted molar refractivity (Wildman–Crippen MR) is 153 cm³/mol. The van der Waals surface area contributed by atoms with Gasteiger partial charge in [0.05, 0.1) is 13.2 Å². The molecule has 0 N–H and O–H groups in total. The number of hydrogen-bond acceptors (Lipinski definition) is 3. The topological polar surface area (TPSA) is 53.3 Å². The van der Waals surface area contributed by atoms with E-state index in [0.29, 0.717) is 30.3 Å². The van der Waals surface area contributed by atoms with Crippen LogP contribution >= 0.6 is 11.6 Å². The van der Waals surface area contributed by atoms with Gasteiger partial charge >= 0.3 is 0 Å². The Morgan fingerprint density at radius 2 is 1.66 bits per heavy atom. The number of hydrogen-bond donors (Lipinski definition) is 0. The molecule has 1 unspecified atom stereocenters. The summed E-state index contributed by atoms with van der Waals surface area (Å²) < 4.78 is 5.74. The van der Waals surface area contributed by atoms with E-state index in [1.54, 1.807) is 18.9 Å². The van der Waals surface area contributed by atoms with E-state index in [4.69, 9.17) is 16.3 Å². The molecule has 0 aromatic heterocycles. The number of nitrogens with zero attached hydrogens (tertiary/aromatic N) is 2. The highest BCUT2D eigenvalue weighted by Gasteiger charge is 2.47. The highest BCUT2D eigenvalue weighted by Crippen LogP contribution is 2.47. The first-order chi connectivity index (χ1) is 18.5. The summed E-state index contributed by atoms with van der Waals surface area (Å²) in [6, 6.07) is 32.1. The molecule has 1 heterocycles. The summed E-state index contributed by atoms with van der Waals surface area (Å²) in [5, 5.41) is 13.5. The first kappa shape index (κ1) is 25.6. The number of para-hydroxylation sites is 1. The summed E-state index contributed by atoms with van der Waals surface area (Å²) in [7, 11) is 1.62. The van der Waals surface area contributed by atoms with E-state index in [1.165, 1.54) is 5.57 Å². The monoisotopic (exact) mass is 520 g/mol. The molecule has 1 aliphatic rings. The van der Waals surface area contributed by atoms with Gasteiger partial charge in [0.1, 0.15) is 11.2 Å². The largest absolute Gasteiger partial charge is 0.496 e. The van der Waals surface area contributed by atoms with Gasteiger partial charge in [-0.05, 0) is 59.0 Å². The van der Waals surface area contributed by atoms with Crippen LogP contribution in [0.25, 0.3) is 16.3 Å². The highest BCUT2D eigenvalue weighted by atomic mass is 35.5. The second kappa shape index (κ2) is 10.7. The van der Waals surface area contributed by atoms with Crippen molar-refractivity contribution in [3.63, 3.8) is 0 Å². The Morgan fingerprint density at radius 1 is 0.974 bits per heavy atom. The van der Waals surface area contributed by atoms with E-state index in [0.717, 1.165) is 27.5 Å². The smallest absolute Gasteiger partial charge is 0.244 e. The van der Waals surface area contributed by atoms with Crippen molar-refractivity contribution in [1.29, 1.82) is 5.26 Å². The number of halogens is 1. The van der Waals surface area contributed by atoms with Crippen LogP contribution in [0.1, 0.15) is 36.0 Å². The Labute approximate surface area is 228 Å². The van der Waals surface area contributed by atoms with Crippen molar-refractivity contribution in [2.45, 2.75) is 19.3 Å². The Hall–Kier alpha value is -4.07. The van der Waals surface area contributed by atoms with E-state index < -0.39 is 11.3 Å². The van der Waals surface area contributed by atoms with Gasteiger partial charge in [0, 0.05) is 29.6 Å². The van der Waals surface area contributed by atoms with E-state index in [9.17, 15) is 10.1 Å². The molecule has 5 rings (SSSR count). The van der Waals surface area contributed by atoms with Crippen LogP contribution in [0.3, 0.4) is 0 Å². The number of nitriles is 1. The van der Waals surface area contributed by atoms with E-state index in [1.807, 2.05) is 72.8 Å². The second-order valence-electron chi connectivity index (χ2n) is 9.79. The van der Waals surface area contributed by atoms with Gasteiger partial charge in [0.15, 0.2) is 0 Å². The molecule has 4 aromatic rings. The minimum absolute atomic E-state index is 0.185. The number of amides is 1. The highest BCUT2D eigenvalue weighted by molar-refractivity contribution is 6.30. The van der Waals surface area contributed by atoms with Gasteiger partial charge < -0.3 is 9.64 Å². The number of carbonyl (C=O) groups is 1. The van der Waals surface area contributed by atoms with Crippen LogP contribution in [0.2, 0.25) is 5.02 Å². The van der Waals surface area contributed by atoms with Crippen molar-refractivity contribution in [1.82, 2.24) is 4.90 Å². The van der Waals surface area contributed by atoms with Crippen LogP contribution in [0, 0.1) is 16.7 Å². The number of fused-ring (bicyclic) bond motifs is 1. The van der Waals surface area contributed by atoms with Crippen LogP contribution in [0.15, 0.2) is 97.1 Å². The molecule has 5 heteroatoms. The van der Waals surface area contributed by atoms with Crippen LogP contribution in [0.4, 0.5) is 0 Å².